The zero-order chi connectivity index (χ0) is 15.2. The third-order valence-corrected chi connectivity index (χ3v) is 4.59. The summed E-state index contributed by atoms with van der Waals surface area (Å²) in [6.45, 7) is 10.4. The quantitative estimate of drug-likeness (QED) is 0.551. The van der Waals surface area contributed by atoms with E-state index >= 15 is 0 Å². The van der Waals surface area contributed by atoms with E-state index in [9.17, 15) is 0 Å². The van der Waals surface area contributed by atoms with E-state index in [1.165, 1.54) is 42.4 Å². The van der Waals surface area contributed by atoms with Gasteiger partial charge in [-0.25, -0.2) is 0 Å². The van der Waals surface area contributed by atoms with Gasteiger partial charge < -0.3 is 0 Å². The van der Waals surface area contributed by atoms with Crippen LogP contribution >= 0.6 is 0 Å². The first-order valence-electron chi connectivity index (χ1n) is 8.20. The number of rotatable bonds is 4. The SMILES string of the molecule is C=C(C)/C=C\C(=C/C)c1ccc(C2CCC(C)CC2)cc1. The molecule has 0 bridgehead atoms. The largest absolute Gasteiger partial charge is 0.0961 e. The van der Waals surface area contributed by atoms with Crippen molar-refractivity contribution in [3.05, 3.63) is 65.8 Å². The lowest BCUT2D eigenvalue weighted by Gasteiger charge is -2.26. The molecule has 0 atom stereocenters. The van der Waals surface area contributed by atoms with Gasteiger partial charge in [0, 0.05) is 0 Å². The first kappa shape index (κ1) is 15.8. The molecule has 1 saturated carbocycles. The summed E-state index contributed by atoms with van der Waals surface area (Å²) in [5, 5.41) is 0. The Morgan fingerprint density at radius 1 is 1.05 bits per heavy atom. The van der Waals surface area contributed by atoms with Crippen LogP contribution in [0.4, 0.5) is 0 Å². The van der Waals surface area contributed by atoms with E-state index < -0.39 is 0 Å². The van der Waals surface area contributed by atoms with Gasteiger partial charge in [-0.2, -0.15) is 0 Å². The summed E-state index contributed by atoms with van der Waals surface area (Å²) in [5.74, 6) is 1.69. The third kappa shape index (κ3) is 4.46. The summed E-state index contributed by atoms with van der Waals surface area (Å²) in [6, 6.07) is 9.19. The minimum Gasteiger partial charge on any atom is -0.0961 e. The highest BCUT2D eigenvalue weighted by molar-refractivity contribution is 5.74. The molecule has 0 aromatic heterocycles. The van der Waals surface area contributed by atoms with Gasteiger partial charge in [0.15, 0.2) is 0 Å². The minimum atomic E-state index is 0.773. The van der Waals surface area contributed by atoms with E-state index in [1.54, 1.807) is 0 Å². The molecule has 0 saturated heterocycles. The Labute approximate surface area is 130 Å². The van der Waals surface area contributed by atoms with E-state index in [-0.39, 0.29) is 0 Å². The van der Waals surface area contributed by atoms with Gasteiger partial charge >= 0.3 is 0 Å². The summed E-state index contributed by atoms with van der Waals surface area (Å²) < 4.78 is 0. The number of allylic oxidation sites excluding steroid dienone is 5. The molecule has 0 radical (unpaired) electrons. The van der Waals surface area contributed by atoms with Crippen molar-refractivity contribution in [2.75, 3.05) is 0 Å². The van der Waals surface area contributed by atoms with Crippen LogP contribution in [0.15, 0.2) is 54.6 Å². The van der Waals surface area contributed by atoms with Gasteiger partial charge in [-0.15, -0.1) is 0 Å². The molecule has 0 spiro atoms. The van der Waals surface area contributed by atoms with Gasteiger partial charge in [-0.3, -0.25) is 0 Å². The number of hydrogen-bond donors (Lipinski definition) is 0. The van der Waals surface area contributed by atoms with Crippen molar-refractivity contribution in [2.24, 2.45) is 5.92 Å². The lowest BCUT2D eigenvalue weighted by atomic mass is 9.79. The first-order chi connectivity index (χ1) is 10.1. The highest BCUT2D eigenvalue weighted by Crippen LogP contribution is 2.35. The molecule has 1 aromatic rings. The van der Waals surface area contributed by atoms with Gasteiger partial charge in [0.25, 0.3) is 0 Å². The Bertz CT molecular complexity index is 520. The summed E-state index contributed by atoms with van der Waals surface area (Å²) in [6.07, 6.45) is 11.9. The van der Waals surface area contributed by atoms with Crippen LogP contribution in [-0.2, 0) is 0 Å². The fraction of sp³-hybridized carbons (Fsp3) is 0.429. The summed E-state index contributed by atoms with van der Waals surface area (Å²) in [4.78, 5) is 0. The Kier molecular flexibility index (Phi) is 5.61. The predicted molar refractivity (Wildman–Crippen MR) is 94.4 cm³/mol. The Balaban J connectivity index is 2.09. The second-order valence-corrected chi connectivity index (χ2v) is 6.50. The van der Waals surface area contributed by atoms with Crippen LogP contribution < -0.4 is 0 Å². The summed E-state index contributed by atoms with van der Waals surface area (Å²) in [5.41, 5.74) is 5.16. The lowest BCUT2D eigenvalue weighted by molar-refractivity contribution is 0.348. The monoisotopic (exact) mass is 280 g/mol. The highest BCUT2D eigenvalue weighted by atomic mass is 14.2. The van der Waals surface area contributed by atoms with Crippen LogP contribution in [0, 0.1) is 5.92 Å². The average Bonchev–Trinajstić information content (AvgIpc) is 2.49. The second kappa shape index (κ2) is 7.45. The number of hydrogen-bond acceptors (Lipinski definition) is 0. The maximum atomic E-state index is 3.92. The Morgan fingerprint density at radius 2 is 1.67 bits per heavy atom. The molecule has 1 fully saturated rings. The maximum Gasteiger partial charge on any atom is -0.0162 e. The van der Waals surface area contributed by atoms with Crippen LogP contribution in [0.25, 0.3) is 5.57 Å². The Hall–Kier alpha value is -1.56. The molecule has 0 heterocycles. The molecule has 1 aliphatic rings. The average molecular weight is 280 g/mol. The predicted octanol–water partition coefficient (Wildman–Crippen LogP) is 6.52. The van der Waals surface area contributed by atoms with E-state index in [1.807, 2.05) is 6.92 Å². The van der Waals surface area contributed by atoms with Crippen LogP contribution in [0.3, 0.4) is 0 Å². The van der Waals surface area contributed by atoms with E-state index in [4.69, 9.17) is 0 Å². The van der Waals surface area contributed by atoms with Crippen molar-refractivity contribution < 1.29 is 0 Å². The van der Waals surface area contributed by atoms with Crippen LogP contribution in [0.2, 0.25) is 0 Å². The molecule has 21 heavy (non-hydrogen) atoms. The molecule has 0 aliphatic heterocycles. The molecule has 0 heteroatoms. The van der Waals surface area contributed by atoms with Gasteiger partial charge in [-0.1, -0.05) is 74.4 Å². The minimum absolute atomic E-state index is 0.773. The van der Waals surface area contributed by atoms with Crippen LogP contribution in [0.1, 0.15) is 63.5 Å². The van der Waals surface area contributed by atoms with Crippen molar-refractivity contribution >= 4 is 5.57 Å². The Morgan fingerprint density at radius 3 is 2.19 bits per heavy atom. The van der Waals surface area contributed by atoms with Gasteiger partial charge in [0.05, 0.1) is 0 Å². The third-order valence-electron chi connectivity index (χ3n) is 4.59. The lowest BCUT2D eigenvalue weighted by Crippen LogP contribution is -2.10. The smallest absolute Gasteiger partial charge is 0.0162 e. The molecule has 112 valence electrons. The molecule has 1 aromatic carbocycles. The van der Waals surface area contributed by atoms with E-state index in [0.717, 1.165) is 17.4 Å². The van der Waals surface area contributed by atoms with Crippen molar-refractivity contribution in [3.8, 4) is 0 Å². The first-order valence-corrected chi connectivity index (χ1v) is 8.20. The molecular weight excluding hydrogens is 252 g/mol. The number of benzene rings is 1. The molecule has 0 unspecified atom stereocenters. The van der Waals surface area contributed by atoms with Crippen LogP contribution in [-0.4, -0.2) is 0 Å². The van der Waals surface area contributed by atoms with E-state index in [0.29, 0.717) is 0 Å². The normalized spacial score (nSPS) is 23.5. The maximum absolute atomic E-state index is 3.92. The standard InChI is InChI=1S/C21H28/c1-5-18(9-6-16(2)3)19-12-14-21(15-13-19)20-10-7-17(4)8-11-20/h5-6,9,12-15,17,20H,2,7-8,10-11H2,1,3-4H3/b9-6-,18-5+. The van der Waals surface area contributed by atoms with Crippen molar-refractivity contribution in [1.29, 1.82) is 0 Å². The van der Waals surface area contributed by atoms with Crippen molar-refractivity contribution in [1.82, 2.24) is 0 Å². The fourth-order valence-electron chi connectivity index (χ4n) is 3.13. The fourth-order valence-corrected chi connectivity index (χ4v) is 3.13. The van der Waals surface area contributed by atoms with Crippen molar-refractivity contribution in [2.45, 2.75) is 52.4 Å². The molecule has 2 rings (SSSR count). The topological polar surface area (TPSA) is 0 Å². The van der Waals surface area contributed by atoms with Crippen molar-refractivity contribution in [3.63, 3.8) is 0 Å². The van der Waals surface area contributed by atoms with Gasteiger partial charge in [-0.05, 0) is 55.2 Å². The van der Waals surface area contributed by atoms with Crippen LogP contribution in [0.5, 0.6) is 0 Å². The summed E-state index contributed by atoms with van der Waals surface area (Å²) >= 11 is 0. The highest BCUT2D eigenvalue weighted by Gasteiger charge is 2.19. The molecule has 1 aliphatic carbocycles. The molecule has 0 N–H and O–H groups in total. The molecule has 0 amide bonds. The zero-order valence-electron chi connectivity index (χ0n) is 13.7. The summed E-state index contributed by atoms with van der Waals surface area (Å²) in [7, 11) is 0. The van der Waals surface area contributed by atoms with E-state index in [2.05, 4.69) is 62.9 Å². The van der Waals surface area contributed by atoms with Gasteiger partial charge in [0.2, 0.25) is 0 Å². The zero-order valence-corrected chi connectivity index (χ0v) is 13.7. The second-order valence-electron chi connectivity index (χ2n) is 6.50. The molecular formula is C21H28. The van der Waals surface area contributed by atoms with Gasteiger partial charge in [0.1, 0.15) is 0 Å². The molecule has 0 nitrogen and oxygen atoms in total.